The average Bonchev–Trinajstić information content (AvgIpc) is 3.12. The van der Waals surface area contributed by atoms with Crippen molar-refractivity contribution in [1.82, 2.24) is 9.97 Å². The van der Waals surface area contributed by atoms with Crippen molar-refractivity contribution in [2.45, 2.75) is 0 Å². The normalized spacial score (nSPS) is 11.6. The lowest BCUT2D eigenvalue weighted by molar-refractivity contribution is 0.468. The summed E-state index contributed by atoms with van der Waals surface area (Å²) < 4.78 is 1.24. The molecule has 5 aromatic rings. The number of hydrogen-bond acceptors (Lipinski definition) is 2. The fourth-order valence-corrected chi connectivity index (χ4v) is 4.65. The van der Waals surface area contributed by atoms with Gasteiger partial charge in [-0.25, -0.2) is 4.98 Å². The van der Waals surface area contributed by atoms with Gasteiger partial charge in [0.15, 0.2) is 0 Å². The Labute approximate surface area is 165 Å². The predicted molar refractivity (Wildman–Crippen MR) is 114 cm³/mol. The molecule has 1 aromatic heterocycles. The first-order chi connectivity index (χ1) is 12.6. The topological polar surface area (TPSA) is 48.9 Å². The number of phenols is 1. The molecular formula is C21H12Br2N2O. The highest BCUT2D eigenvalue weighted by atomic mass is 79.9. The largest absolute Gasteiger partial charge is 0.506 e. The van der Waals surface area contributed by atoms with Crippen LogP contribution in [0, 0.1) is 0 Å². The summed E-state index contributed by atoms with van der Waals surface area (Å²) in [7, 11) is 0. The van der Waals surface area contributed by atoms with Gasteiger partial charge in [-0.15, -0.1) is 0 Å². The smallest absolute Gasteiger partial charge is 0.143 e. The number of phenolic OH excluding ortho intramolecular Hbond substituents is 1. The molecule has 3 nitrogen and oxygen atoms in total. The number of aromatic hydroxyl groups is 1. The van der Waals surface area contributed by atoms with E-state index >= 15 is 0 Å². The third-order valence-electron chi connectivity index (χ3n) is 4.66. The minimum absolute atomic E-state index is 0.181. The van der Waals surface area contributed by atoms with Crippen LogP contribution in [-0.2, 0) is 0 Å². The molecule has 0 amide bonds. The first-order valence-electron chi connectivity index (χ1n) is 8.11. The Balaban J connectivity index is 1.91. The number of nitrogens with zero attached hydrogens (tertiary/aromatic N) is 1. The molecule has 0 aliphatic rings. The number of halogens is 2. The third kappa shape index (κ3) is 2.27. The summed E-state index contributed by atoms with van der Waals surface area (Å²) in [6.45, 7) is 0. The quantitative estimate of drug-likeness (QED) is 0.267. The van der Waals surface area contributed by atoms with Gasteiger partial charge in [-0.2, -0.15) is 0 Å². The molecule has 0 aliphatic heterocycles. The zero-order valence-corrected chi connectivity index (χ0v) is 16.6. The number of nitrogens with one attached hydrogen (secondary N) is 1. The number of hydrogen-bond donors (Lipinski definition) is 2. The molecule has 5 heteroatoms. The maximum atomic E-state index is 9.98. The van der Waals surface area contributed by atoms with Crippen LogP contribution in [0.15, 0.2) is 69.6 Å². The first kappa shape index (κ1) is 15.9. The van der Waals surface area contributed by atoms with Crippen LogP contribution in [0.25, 0.3) is 44.0 Å². The van der Waals surface area contributed by atoms with Crippen LogP contribution in [0.1, 0.15) is 0 Å². The van der Waals surface area contributed by atoms with E-state index in [-0.39, 0.29) is 5.75 Å². The lowest BCUT2D eigenvalue weighted by atomic mass is 10.0. The van der Waals surface area contributed by atoms with Gasteiger partial charge in [0.1, 0.15) is 11.6 Å². The standard InChI is InChI=1S/C21H12Br2N2O/c22-16-9-11(10-17(23)20(16)26)21-24-18-14-7-3-1-5-12(14)13-6-2-4-8-15(13)19(18)25-21/h1-10,26H,(H,24,25). The van der Waals surface area contributed by atoms with Crippen LogP contribution >= 0.6 is 31.9 Å². The average molecular weight is 468 g/mol. The molecule has 26 heavy (non-hydrogen) atoms. The van der Waals surface area contributed by atoms with Crippen LogP contribution in [0.4, 0.5) is 0 Å². The van der Waals surface area contributed by atoms with Crippen LogP contribution in [-0.4, -0.2) is 15.1 Å². The van der Waals surface area contributed by atoms with Crippen LogP contribution in [0.3, 0.4) is 0 Å². The number of imidazole rings is 1. The van der Waals surface area contributed by atoms with E-state index in [1.54, 1.807) is 0 Å². The molecule has 4 aromatic carbocycles. The van der Waals surface area contributed by atoms with Gasteiger partial charge in [-0.05, 0) is 54.8 Å². The highest BCUT2D eigenvalue weighted by molar-refractivity contribution is 9.11. The van der Waals surface area contributed by atoms with E-state index in [2.05, 4.69) is 73.2 Å². The van der Waals surface area contributed by atoms with Gasteiger partial charge < -0.3 is 10.1 Å². The van der Waals surface area contributed by atoms with E-state index in [9.17, 15) is 5.11 Å². The monoisotopic (exact) mass is 466 g/mol. The Bertz CT molecular complexity index is 1230. The lowest BCUT2D eigenvalue weighted by Gasteiger charge is -2.05. The maximum Gasteiger partial charge on any atom is 0.143 e. The second kappa shape index (κ2) is 5.83. The molecule has 0 fully saturated rings. The predicted octanol–water partition coefficient (Wildman–Crippen LogP) is 6.77. The molecule has 126 valence electrons. The van der Waals surface area contributed by atoms with Gasteiger partial charge in [0.05, 0.1) is 20.0 Å². The minimum atomic E-state index is 0.181. The maximum absolute atomic E-state index is 9.98. The van der Waals surface area contributed by atoms with E-state index in [0.29, 0.717) is 8.95 Å². The number of rotatable bonds is 1. The van der Waals surface area contributed by atoms with E-state index in [1.165, 1.54) is 10.8 Å². The Morgan fingerprint density at radius 1 is 0.769 bits per heavy atom. The highest BCUT2D eigenvalue weighted by Crippen LogP contribution is 2.38. The Morgan fingerprint density at radius 2 is 1.31 bits per heavy atom. The minimum Gasteiger partial charge on any atom is -0.506 e. The molecule has 1 heterocycles. The van der Waals surface area contributed by atoms with E-state index in [0.717, 1.165) is 33.2 Å². The summed E-state index contributed by atoms with van der Waals surface area (Å²) in [5.74, 6) is 0.948. The molecule has 0 saturated carbocycles. The van der Waals surface area contributed by atoms with Gasteiger partial charge in [0, 0.05) is 16.3 Å². The molecule has 0 spiro atoms. The molecule has 0 bridgehead atoms. The SMILES string of the molecule is Oc1c(Br)cc(-c2nc3c4ccccc4c4ccccc4c3[nH]2)cc1Br. The highest BCUT2D eigenvalue weighted by Gasteiger charge is 2.15. The van der Waals surface area contributed by atoms with Crippen LogP contribution < -0.4 is 0 Å². The molecule has 0 aliphatic carbocycles. The van der Waals surface area contributed by atoms with Crippen LogP contribution in [0.2, 0.25) is 0 Å². The second-order valence-electron chi connectivity index (χ2n) is 6.19. The van der Waals surface area contributed by atoms with Crippen molar-refractivity contribution in [1.29, 1.82) is 0 Å². The number of aromatic amines is 1. The van der Waals surface area contributed by atoms with Gasteiger partial charge >= 0.3 is 0 Å². The summed E-state index contributed by atoms with van der Waals surface area (Å²) >= 11 is 6.79. The van der Waals surface area contributed by atoms with Crippen LogP contribution in [0.5, 0.6) is 5.75 Å². The van der Waals surface area contributed by atoms with E-state index < -0.39 is 0 Å². The molecule has 5 rings (SSSR count). The number of benzene rings is 4. The van der Waals surface area contributed by atoms with Crippen molar-refractivity contribution < 1.29 is 5.11 Å². The van der Waals surface area contributed by atoms with Crippen molar-refractivity contribution >= 4 is 64.4 Å². The van der Waals surface area contributed by atoms with Crippen molar-refractivity contribution in [3.05, 3.63) is 69.6 Å². The summed E-state index contributed by atoms with van der Waals surface area (Å²) in [6, 6.07) is 20.4. The molecule has 0 atom stereocenters. The fourth-order valence-electron chi connectivity index (χ4n) is 3.46. The number of fused-ring (bicyclic) bond motifs is 6. The first-order valence-corrected chi connectivity index (χ1v) is 9.69. The molecule has 0 unspecified atom stereocenters. The van der Waals surface area contributed by atoms with Crippen molar-refractivity contribution in [3.8, 4) is 17.1 Å². The van der Waals surface area contributed by atoms with Crippen molar-refractivity contribution in [3.63, 3.8) is 0 Å². The zero-order valence-electron chi connectivity index (χ0n) is 13.4. The Kier molecular flexibility index (Phi) is 3.55. The summed E-state index contributed by atoms with van der Waals surface area (Å²) in [5, 5.41) is 14.7. The fraction of sp³-hybridized carbons (Fsp3) is 0. The van der Waals surface area contributed by atoms with Crippen molar-refractivity contribution in [2.24, 2.45) is 0 Å². The van der Waals surface area contributed by atoms with Gasteiger partial charge in [-0.3, -0.25) is 0 Å². The summed E-state index contributed by atoms with van der Waals surface area (Å²) in [5.41, 5.74) is 2.87. The van der Waals surface area contributed by atoms with Gasteiger partial charge in [-0.1, -0.05) is 48.5 Å². The second-order valence-corrected chi connectivity index (χ2v) is 7.90. The molecule has 0 saturated heterocycles. The Hall–Kier alpha value is -2.37. The Morgan fingerprint density at radius 3 is 1.96 bits per heavy atom. The number of H-pyrrole nitrogens is 1. The van der Waals surface area contributed by atoms with Gasteiger partial charge in [0.25, 0.3) is 0 Å². The summed E-state index contributed by atoms with van der Waals surface area (Å²) in [6.07, 6.45) is 0. The third-order valence-corrected chi connectivity index (χ3v) is 5.87. The van der Waals surface area contributed by atoms with Gasteiger partial charge in [0.2, 0.25) is 0 Å². The van der Waals surface area contributed by atoms with E-state index in [1.807, 2.05) is 24.3 Å². The zero-order chi connectivity index (χ0) is 17.8. The molecule has 2 N–H and O–H groups in total. The number of aromatic nitrogens is 2. The van der Waals surface area contributed by atoms with Crippen molar-refractivity contribution in [2.75, 3.05) is 0 Å². The summed E-state index contributed by atoms with van der Waals surface area (Å²) in [4.78, 5) is 8.38. The lowest BCUT2D eigenvalue weighted by Crippen LogP contribution is -1.82. The molecular weight excluding hydrogens is 456 g/mol. The van der Waals surface area contributed by atoms with E-state index in [4.69, 9.17) is 4.98 Å². The molecule has 0 radical (unpaired) electrons.